The zero-order chi connectivity index (χ0) is 16.8. The molecule has 2 rings (SSSR count). The molecule has 0 fully saturated rings. The molecule has 0 aliphatic carbocycles. The van der Waals surface area contributed by atoms with E-state index >= 15 is 0 Å². The summed E-state index contributed by atoms with van der Waals surface area (Å²) in [6.45, 7) is 3.82. The molecule has 0 aliphatic rings. The van der Waals surface area contributed by atoms with Gasteiger partial charge in [-0.05, 0) is 25.0 Å². The van der Waals surface area contributed by atoms with Crippen molar-refractivity contribution in [3.8, 4) is 0 Å². The van der Waals surface area contributed by atoms with E-state index in [0.29, 0.717) is 17.5 Å². The van der Waals surface area contributed by atoms with E-state index in [2.05, 4.69) is 27.2 Å². The maximum Gasteiger partial charge on any atom is 0.232 e. The minimum absolute atomic E-state index is 0.138. The average molecular weight is 332 g/mol. The molecule has 8 heteroatoms. The first-order valence-electron chi connectivity index (χ1n) is 7.26. The number of nitrogens with two attached hydrogens (primary N) is 2. The van der Waals surface area contributed by atoms with Gasteiger partial charge < -0.3 is 16.8 Å². The number of aryl methyl sites for hydroxylation is 1. The van der Waals surface area contributed by atoms with Gasteiger partial charge in [0.15, 0.2) is 0 Å². The highest BCUT2D eigenvalue weighted by Crippen LogP contribution is 2.21. The van der Waals surface area contributed by atoms with Crippen LogP contribution in [0.4, 0.5) is 17.6 Å². The van der Waals surface area contributed by atoms with E-state index < -0.39 is 0 Å². The van der Waals surface area contributed by atoms with Crippen LogP contribution < -0.4 is 16.8 Å². The van der Waals surface area contributed by atoms with Crippen LogP contribution in [-0.4, -0.2) is 26.1 Å². The van der Waals surface area contributed by atoms with Gasteiger partial charge in [-0.2, -0.15) is 15.0 Å². The molecule has 23 heavy (non-hydrogen) atoms. The Bertz CT molecular complexity index is 693. The number of nitrogens with zero attached hydrogens (tertiary/aromatic N) is 3. The number of thioether (sulfide) groups is 1. The normalized spacial score (nSPS) is 11.9. The van der Waals surface area contributed by atoms with Gasteiger partial charge >= 0.3 is 0 Å². The van der Waals surface area contributed by atoms with Crippen molar-refractivity contribution in [2.45, 2.75) is 31.3 Å². The lowest BCUT2D eigenvalue weighted by Gasteiger charge is -2.11. The molecule has 1 atom stereocenters. The summed E-state index contributed by atoms with van der Waals surface area (Å²) in [5.74, 6) is 1.10. The minimum Gasteiger partial charge on any atom is -0.369 e. The molecule has 0 radical (unpaired) electrons. The first-order chi connectivity index (χ1) is 11.0. The first-order valence-corrected chi connectivity index (χ1v) is 8.30. The van der Waals surface area contributed by atoms with Gasteiger partial charge in [0.2, 0.25) is 17.8 Å². The Hall–Kier alpha value is -2.35. The van der Waals surface area contributed by atoms with Crippen molar-refractivity contribution < 1.29 is 4.79 Å². The van der Waals surface area contributed by atoms with E-state index in [1.807, 2.05) is 24.3 Å². The molecular formula is C15H20N6OS. The van der Waals surface area contributed by atoms with Crippen LogP contribution >= 0.6 is 11.8 Å². The van der Waals surface area contributed by atoms with Crippen LogP contribution in [0.1, 0.15) is 25.2 Å². The van der Waals surface area contributed by atoms with E-state index in [-0.39, 0.29) is 17.1 Å². The number of nitrogens with one attached hydrogen (secondary N) is 1. The molecule has 1 aromatic carbocycles. The van der Waals surface area contributed by atoms with Crippen LogP contribution in [-0.2, 0) is 17.0 Å². The average Bonchev–Trinajstić information content (AvgIpc) is 2.52. The number of para-hydroxylation sites is 1. The third-order valence-corrected chi connectivity index (χ3v) is 4.36. The maximum atomic E-state index is 11.1. The van der Waals surface area contributed by atoms with Crippen molar-refractivity contribution >= 4 is 35.3 Å². The fourth-order valence-corrected chi connectivity index (χ4v) is 2.60. The van der Waals surface area contributed by atoms with Crippen molar-refractivity contribution in [3.63, 3.8) is 0 Å². The summed E-state index contributed by atoms with van der Waals surface area (Å²) in [6.07, 6.45) is 0.891. The maximum absolute atomic E-state index is 11.1. The summed E-state index contributed by atoms with van der Waals surface area (Å²) >= 11 is 1.36. The molecule has 0 bridgehead atoms. The number of benzene rings is 1. The quantitative estimate of drug-likeness (QED) is 0.708. The minimum atomic E-state index is -0.368. The highest BCUT2D eigenvalue weighted by molar-refractivity contribution is 7.99. The Balaban J connectivity index is 2.15. The summed E-state index contributed by atoms with van der Waals surface area (Å²) in [4.78, 5) is 23.6. The van der Waals surface area contributed by atoms with Gasteiger partial charge in [0.05, 0.1) is 11.0 Å². The summed E-state index contributed by atoms with van der Waals surface area (Å²) in [7, 11) is 0. The lowest BCUT2D eigenvalue weighted by molar-refractivity contribution is -0.117. The highest BCUT2D eigenvalue weighted by Gasteiger charge is 2.12. The van der Waals surface area contributed by atoms with Crippen LogP contribution in [0.2, 0.25) is 0 Å². The monoisotopic (exact) mass is 332 g/mol. The van der Waals surface area contributed by atoms with Gasteiger partial charge in [-0.3, -0.25) is 4.79 Å². The van der Waals surface area contributed by atoms with Crippen LogP contribution in [0.5, 0.6) is 0 Å². The highest BCUT2D eigenvalue weighted by atomic mass is 32.2. The number of primary amides is 1. The fraction of sp³-hybridized carbons (Fsp3) is 0.333. The molecule has 0 aliphatic heterocycles. The number of hydrogen-bond acceptors (Lipinski definition) is 7. The molecule has 0 saturated carbocycles. The van der Waals surface area contributed by atoms with Crippen LogP contribution in [0.25, 0.3) is 0 Å². The summed E-state index contributed by atoms with van der Waals surface area (Å²) in [6, 6.07) is 7.93. The Kier molecular flexibility index (Phi) is 5.75. The summed E-state index contributed by atoms with van der Waals surface area (Å²) in [5.41, 5.74) is 13.1. The largest absolute Gasteiger partial charge is 0.369 e. The number of carbonyl (C=O) groups excluding carboxylic acids is 1. The Labute approximate surface area is 139 Å². The number of carbonyl (C=O) groups is 1. The van der Waals surface area contributed by atoms with Gasteiger partial charge in [-0.25, -0.2) is 0 Å². The van der Waals surface area contributed by atoms with Gasteiger partial charge in [0, 0.05) is 5.69 Å². The Morgan fingerprint density at radius 1 is 1.30 bits per heavy atom. The Morgan fingerprint density at radius 3 is 2.74 bits per heavy atom. The molecule has 1 heterocycles. The predicted molar refractivity (Wildman–Crippen MR) is 93.3 cm³/mol. The Morgan fingerprint density at radius 2 is 2.04 bits per heavy atom. The van der Waals surface area contributed by atoms with Crippen LogP contribution in [0.3, 0.4) is 0 Å². The van der Waals surface area contributed by atoms with E-state index in [1.165, 1.54) is 11.8 Å². The number of amides is 1. The zero-order valence-corrected chi connectivity index (χ0v) is 13.9. The molecule has 5 N–H and O–H groups in total. The van der Waals surface area contributed by atoms with E-state index in [1.54, 1.807) is 6.92 Å². The van der Waals surface area contributed by atoms with Crippen molar-refractivity contribution in [1.82, 2.24) is 15.0 Å². The number of aromatic nitrogens is 3. The second-order valence-electron chi connectivity index (χ2n) is 4.92. The van der Waals surface area contributed by atoms with Gasteiger partial charge in [-0.15, -0.1) is 11.8 Å². The molecular weight excluding hydrogens is 312 g/mol. The molecule has 0 spiro atoms. The number of anilines is 3. The third kappa shape index (κ3) is 4.82. The van der Waals surface area contributed by atoms with Gasteiger partial charge in [-0.1, -0.05) is 25.1 Å². The van der Waals surface area contributed by atoms with Crippen LogP contribution in [0.15, 0.2) is 24.3 Å². The lowest BCUT2D eigenvalue weighted by atomic mass is 10.1. The van der Waals surface area contributed by atoms with Gasteiger partial charge in [0.1, 0.15) is 5.82 Å². The molecule has 1 amide bonds. The van der Waals surface area contributed by atoms with Crippen molar-refractivity contribution in [3.05, 3.63) is 35.7 Å². The molecule has 122 valence electrons. The summed E-state index contributed by atoms with van der Waals surface area (Å²) < 4.78 is 0. The van der Waals surface area contributed by atoms with Crippen molar-refractivity contribution in [2.24, 2.45) is 5.73 Å². The van der Waals surface area contributed by atoms with Crippen molar-refractivity contribution in [2.75, 3.05) is 11.1 Å². The lowest BCUT2D eigenvalue weighted by Crippen LogP contribution is -2.22. The standard InChI is InChI=1S/C15H20N6OS/c1-3-10-6-4-5-7-11(10)18-15-20-12(19-14(17)21-15)8-23-9(2)13(16)22/h4-7,9H,3,8H2,1-2H3,(H2,16,22)(H3,17,18,19,20,21). The third-order valence-electron chi connectivity index (χ3n) is 3.21. The predicted octanol–water partition coefficient (Wildman–Crippen LogP) is 1.87. The second kappa shape index (κ2) is 7.77. The molecule has 0 saturated heterocycles. The van der Waals surface area contributed by atoms with Gasteiger partial charge in [0.25, 0.3) is 0 Å². The van der Waals surface area contributed by atoms with E-state index in [9.17, 15) is 4.79 Å². The number of hydrogen-bond donors (Lipinski definition) is 3. The SMILES string of the molecule is CCc1ccccc1Nc1nc(N)nc(CSC(C)C(N)=O)n1. The molecule has 2 aromatic rings. The zero-order valence-electron chi connectivity index (χ0n) is 13.1. The van der Waals surface area contributed by atoms with Crippen LogP contribution in [0, 0.1) is 0 Å². The molecule has 7 nitrogen and oxygen atoms in total. The van der Waals surface area contributed by atoms with E-state index in [0.717, 1.165) is 17.7 Å². The first kappa shape index (κ1) is 17.0. The van der Waals surface area contributed by atoms with Crippen molar-refractivity contribution in [1.29, 1.82) is 0 Å². The van der Waals surface area contributed by atoms with E-state index in [4.69, 9.17) is 11.5 Å². The second-order valence-corrected chi connectivity index (χ2v) is 6.25. The molecule has 1 aromatic heterocycles. The molecule has 1 unspecified atom stereocenters. The number of rotatable bonds is 7. The topological polar surface area (TPSA) is 120 Å². The fourth-order valence-electron chi connectivity index (χ4n) is 1.91. The summed E-state index contributed by atoms with van der Waals surface area (Å²) in [5, 5.41) is 2.86. The number of nitrogen functional groups attached to an aromatic ring is 1. The smallest absolute Gasteiger partial charge is 0.232 e.